The quantitative estimate of drug-likeness (QED) is 0.638. The zero-order valence-corrected chi connectivity index (χ0v) is 10.4. The van der Waals surface area contributed by atoms with Gasteiger partial charge in [-0.05, 0) is 34.7 Å². The van der Waals surface area contributed by atoms with Gasteiger partial charge in [0.1, 0.15) is 10.4 Å². The summed E-state index contributed by atoms with van der Waals surface area (Å²) in [5, 5.41) is 0. The number of nitrogens with zero attached hydrogens (tertiary/aromatic N) is 1. The van der Waals surface area contributed by atoms with Crippen LogP contribution in [0.4, 0.5) is 0 Å². The Bertz CT molecular complexity index is 593. The van der Waals surface area contributed by atoms with Crippen molar-refractivity contribution in [1.29, 1.82) is 0 Å². The molecule has 74 valence electrons. The molecule has 1 heterocycles. The smallest absolute Gasteiger partial charge is 0.263 e. The number of hydrogen-bond acceptors (Lipinski definition) is 3. The van der Waals surface area contributed by atoms with E-state index in [2.05, 4.69) is 32.6 Å². The average molecular weight is 343 g/mol. The van der Waals surface area contributed by atoms with Gasteiger partial charge in [0, 0.05) is 14.3 Å². The van der Waals surface area contributed by atoms with E-state index in [0.29, 0.717) is 11.0 Å². The third-order valence-electron chi connectivity index (χ3n) is 1.76. The van der Waals surface area contributed by atoms with Gasteiger partial charge in [-0.3, -0.25) is 0 Å². The Morgan fingerprint density at radius 1 is 1.43 bits per heavy atom. The van der Waals surface area contributed by atoms with Crippen molar-refractivity contribution in [1.82, 2.24) is 9.97 Å². The number of rotatable bonds is 1. The van der Waals surface area contributed by atoms with E-state index in [9.17, 15) is 8.42 Å². The van der Waals surface area contributed by atoms with Gasteiger partial charge in [-0.1, -0.05) is 0 Å². The van der Waals surface area contributed by atoms with Crippen LogP contribution in [0.5, 0.6) is 0 Å². The molecule has 0 saturated carbocycles. The van der Waals surface area contributed by atoms with Gasteiger partial charge in [-0.25, -0.2) is 13.4 Å². The van der Waals surface area contributed by atoms with Crippen molar-refractivity contribution < 1.29 is 8.42 Å². The molecule has 0 spiro atoms. The molecular weight excluding hydrogens is 339 g/mol. The van der Waals surface area contributed by atoms with Gasteiger partial charge in [0.2, 0.25) is 0 Å². The highest BCUT2D eigenvalue weighted by Gasteiger charge is 2.16. The van der Waals surface area contributed by atoms with Crippen molar-refractivity contribution in [2.24, 2.45) is 0 Å². The maximum atomic E-state index is 11.2. The normalized spacial score (nSPS) is 12.1. The van der Waals surface area contributed by atoms with Crippen molar-refractivity contribution in [3.8, 4) is 0 Å². The van der Waals surface area contributed by atoms with E-state index in [1.54, 1.807) is 6.07 Å². The van der Waals surface area contributed by atoms with Crippen LogP contribution in [0.2, 0.25) is 0 Å². The first-order valence-electron chi connectivity index (χ1n) is 3.56. The lowest BCUT2D eigenvalue weighted by atomic mass is 10.3. The molecule has 0 atom stereocenters. The van der Waals surface area contributed by atoms with Crippen LogP contribution in [0.1, 0.15) is 0 Å². The average Bonchev–Trinajstić information content (AvgIpc) is 2.50. The number of halogens is 2. The zero-order chi connectivity index (χ0) is 10.3. The second-order valence-corrected chi connectivity index (χ2v) is 6.31. The van der Waals surface area contributed by atoms with Crippen LogP contribution in [0.25, 0.3) is 11.0 Å². The molecule has 0 unspecified atom stereocenters. The third kappa shape index (κ3) is 1.61. The Labute approximate surface area is 98.2 Å². The highest BCUT2D eigenvalue weighted by molar-refractivity contribution is 14.1. The van der Waals surface area contributed by atoms with Crippen LogP contribution < -0.4 is 0 Å². The molecule has 2 rings (SSSR count). The van der Waals surface area contributed by atoms with E-state index in [0.717, 1.165) is 3.57 Å². The number of nitrogens with one attached hydrogen (secondary N) is 1. The lowest BCUT2D eigenvalue weighted by Gasteiger charge is -1.98. The second kappa shape index (κ2) is 3.35. The summed E-state index contributed by atoms with van der Waals surface area (Å²) in [5.74, 6) is 0. The van der Waals surface area contributed by atoms with Gasteiger partial charge in [0.25, 0.3) is 9.05 Å². The van der Waals surface area contributed by atoms with Crippen molar-refractivity contribution in [3.63, 3.8) is 0 Å². The zero-order valence-electron chi connectivity index (χ0n) is 6.66. The summed E-state index contributed by atoms with van der Waals surface area (Å²) in [7, 11) is 1.53. The number of hydrogen-bond donors (Lipinski definition) is 1. The monoisotopic (exact) mass is 342 g/mol. The molecule has 14 heavy (non-hydrogen) atoms. The van der Waals surface area contributed by atoms with E-state index in [4.69, 9.17) is 10.7 Å². The Morgan fingerprint density at radius 2 is 2.14 bits per heavy atom. The Hall–Kier alpha value is -0.340. The molecule has 0 fully saturated rings. The van der Waals surface area contributed by atoms with Gasteiger partial charge >= 0.3 is 0 Å². The predicted octanol–water partition coefficient (Wildman–Crippen LogP) is 2.09. The summed E-state index contributed by atoms with van der Waals surface area (Å²) in [6.07, 6.45) is 1.44. The molecular formula is C7H4ClIN2O2S. The van der Waals surface area contributed by atoms with Crippen molar-refractivity contribution in [2.45, 2.75) is 4.90 Å². The molecule has 4 nitrogen and oxygen atoms in total. The first kappa shape index (κ1) is 10.2. The molecule has 1 aromatic carbocycles. The molecule has 0 radical (unpaired) electrons. The van der Waals surface area contributed by atoms with E-state index < -0.39 is 9.05 Å². The molecule has 0 bridgehead atoms. The topological polar surface area (TPSA) is 62.8 Å². The van der Waals surface area contributed by atoms with Crippen LogP contribution >= 0.6 is 33.3 Å². The highest BCUT2D eigenvalue weighted by Crippen LogP contribution is 2.26. The van der Waals surface area contributed by atoms with Crippen molar-refractivity contribution in [3.05, 3.63) is 22.0 Å². The summed E-state index contributed by atoms with van der Waals surface area (Å²) in [6.45, 7) is 0. The summed E-state index contributed by atoms with van der Waals surface area (Å²) in [5.41, 5.74) is 1.07. The summed E-state index contributed by atoms with van der Waals surface area (Å²) in [6, 6.07) is 3.13. The number of H-pyrrole nitrogens is 1. The van der Waals surface area contributed by atoms with Gasteiger partial charge in [-0.2, -0.15) is 0 Å². The molecule has 1 N–H and O–H groups in total. The minimum Gasteiger partial charge on any atom is -0.344 e. The van der Waals surface area contributed by atoms with Gasteiger partial charge in [0.05, 0.1) is 11.8 Å². The molecule has 0 aliphatic carbocycles. The number of benzene rings is 1. The van der Waals surface area contributed by atoms with Gasteiger partial charge in [0.15, 0.2) is 0 Å². The second-order valence-electron chi connectivity index (χ2n) is 2.61. The number of aromatic amines is 1. The van der Waals surface area contributed by atoms with E-state index in [1.807, 2.05) is 0 Å². The molecule has 0 saturated heterocycles. The highest BCUT2D eigenvalue weighted by atomic mass is 127. The number of aromatic nitrogens is 2. The minimum atomic E-state index is -3.73. The van der Waals surface area contributed by atoms with E-state index in [1.165, 1.54) is 12.4 Å². The summed E-state index contributed by atoms with van der Waals surface area (Å²) < 4.78 is 23.2. The lowest BCUT2D eigenvalue weighted by Crippen LogP contribution is -1.92. The van der Waals surface area contributed by atoms with E-state index >= 15 is 0 Å². The first-order valence-corrected chi connectivity index (χ1v) is 6.95. The number of fused-ring (bicyclic) bond motifs is 1. The van der Waals surface area contributed by atoms with Crippen LogP contribution in [-0.2, 0) is 9.05 Å². The fraction of sp³-hybridized carbons (Fsp3) is 0. The molecule has 7 heteroatoms. The predicted molar refractivity (Wildman–Crippen MR) is 61.8 cm³/mol. The standard InChI is InChI=1S/C7H4ClIN2O2S/c8-14(12,13)5-2-1-4(9)6-7(5)11-3-10-6/h1-3H,(H,10,11). The maximum Gasteiger partial charge on any atom is 0.263 e. The molecule has 0 amide bonds. The molecule has 0 aliphatic heterocycles. The van der Waals surface area contributed by atoms with Crippen LogP contribution in [0.15, 0.2) is 23.4 Å². The summed E-state index contributed by atoms with van der Waals surface area (Å²) in [4.78, 5) is 6.82. The molecule has 1 aromatic heterocycles. The van der Waals surface area contributed by atoms with Gasteiger partial charge in [-0.15, -0.1) is 0 Å². The lowest BCUT2D eigenvalue weighted by molar-refractivity contribution is 0.610. The minimum absolute atomic E-state index is 0.0378. The first-order chi connectivity index (χ1) is 6.50. The molecule has 0 aliphatic rings. The third-order valence-corrected chi connectivity index (χ3v) is 4.01. The molecule has 2 aromatic rings. The maximum absolute atomic E-state index is 11.2. The van der Waals surface area contributed by atoms with Crippen LogP contribution in [0, 0.1) is 3.57 Å². The van der Waals surface area contributed by atoms with Crippen molar-refractivity contribution >= 4 is 53.4 Å². The van der Waals surface area contributed by atoms with E-state index in [-0.39, 0.29) is 4.90 Å². The summed E-state index contributed by atoms with van der Waals surface area (Å²) >= 11 is 2.09. The number of imidazole rings is 1. The fourth-order valence-electron chi connectivity index (χ4n) is 1.17. The fourth-order valence-corrected chi connectivity index (χ4v) is 2.75. The van der Waals surface area contributed by atoms with Gasteiger partial charge < -0.3 is 4.98 Å². The van der Waals surface area contributed by atoms with Crippen LogP contribution in [-0.4, -0.2) is 18.4 Å². The Balaban J connectivity index is 2.93. The largest absolute Gasteiger partial charge is 0.344 e. The Kier molecular flexibility index (Phi) is 2.44. The van der Waals surface area contributed by atoms with Crippen molar-refractivity contribution in [2.75, 3.05) is 0 Å². The van der Waals surface area contributed by atoms with Crippen LogP contribution in [0.3, 0.4) is 0 Å². The Morgan fingerprint density at radius 3 is 2.79 bits per heavy atom. The SMILES string of the molecule is O=S(=O)(Cl)c1ccc(I)c2[nH]cnc12.